The van der Waals surface area contributed by atoms with Gasteiger partial charge in [0, 0.05) is 59.1 Å². The number of aliphatic hydroxyl groups excluding tert-OH is 6. The van der Waals surface area contributed by atoms with Crippen LogP contribution in [0.15, 0.2) is 97.1 Å². The molecule has 13 heteroatoms. The molecule has 0 unspecified atom stereocenters. The van der Waals surface area contributed by atoms with E-state index in [2.05, 4.69) is 10.6 Å². The summed E-state index contributed by atoms with van der Waals surface area (Å²) in [4.78, 5) is 42.2. The highest BCUT2D eigenvalue weighted by atomic mass is 16.3. The van der Waals surface area contributed by atoms with Gasteiger partial charge in [-0.1, -0.05) is 0 Å². The average molecular weight is 687 g/mol. The lowest BCUT2D eigenvalue weighted by molar-refractivity contribution is 0.0375. The van der Waals surface area contributed by atoms with Gasteiger partial charge in [-0.3, -0.25) is 14.4 Å². The number of amides is 2. The van der Waals surface area contributed by atoms with E-state index in [1.165, 1.54) is 0 Å². The van der Waals surface area contributed by atoms with Gasteiger partial charge >= 0.3 is 0 Å². The molecule has 13 nitrogen and oxygen atoms in total. The number of aliphatic hydroxyl groups is 6. The minimum absolute atomic E-state index is 0.159. The SMILES string of the molecule is CN(c1ccc(C(=O)NC(CO)(CO)CO)cc1)c1ccc(C(=O)c2ccc(N(C)c3ccc(C(=O)NC(CO)(CO)CO)cc3)cc2)cc1. The number of hydrogen-bond donors (Lipinski definition) is 8. The summed E-state index contributed by atoms with van der Waals surface area (Å²) in [6.07, 6.45) is 0. The first-order valence-electron chi connectivity index (χ1n) is 15.7. The fourth-order valence-electron chi connectivity index (χ4n) is 4.97. The van der Waals surface area contributed by atoms with E-state index in [-0.39, 0.29) is 16.9 Å². The van der Waals surface area contributed by atoms with Crippen molar-refractivity contribution in [3.8, 4) is 0 Å². The Balaban J connectivity index is 1.38. The van der Waals surface area contributed by atoms with Gasteiger partial charge in [0.15, 0.2) is 5.78 Å². The number of rotatable bonds is 16. The third kappa shape index (κ3) is 8.34. The third-order valence-electron chi connectivity index (χ3n) is 8.64. The number of nitrogens with one attached hydrogen (secondary N) is 2. The molecule has 50 heavy (non-hydrogen) atoms. The van der Waals surface area contributed by atoms with Crippen LogP contribution >= 0.6 is 0 Å². The first kappa shape index (κ1) is 37.7. The molecule has 0 aliphatic carbocycles. The summed E-state index contributed by atoms with van der Waals surface area (Å²) in [5, 5.41) is 61.8. The Kier molecular flexibility index (Phi) is 12.4. The molecule has 0 fully saturated rings. The Morgan fingerprint density at radius 3 is 0.880 bits per heavy atom. The van der Waals surface area contributed by atoms with Gasteiger partial charge in [-0.15, -0.1) is 0 Å². The zero-order chi connectivity index (χ0) is 36.5. The molecule has 0 aromatic heterocycles. The number of nitrogens with zero attached hydrogens (tertiary/aromatic N) is 2. The van der Waals surface area contributed by atoms with Gasteiger partial charge < -0.3 is 51.1 Å². The molecule has 0 saturated heterocycles. The summed E-state index contributed by atoms with van der Waals surface area (Å²) in [5.74, 6) is -1.26. The zero-order valence-corrected chi connectivity index (χ0v) is 27.8. The van der Waals surface area contributed by atoms with E-state index >= 15 is 0 Å². The van der Waals surface area contributed by atoms with E-state index in [4.69, 9.17) is 0 Å². The van der Waals surface area contributed by atoms with E-state index in [0.29, 0.717) is 11.1 Å². The lowest BCUT2D eigenvalue weighted by Gasteiger charge is -2.28. The lowest BCUT2D eigenvalue weighted by Crippen LogP contribution is -2.57. The van der Waals surface area contributed by atoms with Gasteiger partial charge in [-0.2, -0.15) is 0 Å². The highest BCUT2D eigenvalue weighted by Crippen LogP contribution is 2.27. The van der Waals surface area contributed by atoms with Crippen molar-refractivity contribution in [1.29, 1.82) is 0 Å². The smallest absolute Gasteiger partial charge is 0.251 e. The van der Waals surface area contributed by atoms with Crippen LogP contribution in [0.2, 0.25) is 0 Å². The molecule has 0 atom stereocenters. The molecule has 0 aliphatic rings. The number of hydrogen-bond acceptors (Lipinski definition) is 11. The summed E-state index contributed by atoms with van der Waals surface area (Å²) in [5.41, 5.74) is 1.64. The van der Waals surface area contributed by atoms with Crippen LogP contribution in [0.3, 0.4) is 0 Å². The van der Waals surface area contributed by atoms with Gasteiger partial charge in [0.2, 0.25) is 0 Å². The molecule has 264 valence electrons. The molecule has 4 aromatic rings. The number of anilines is 4. The molecule has 0 bridgehead atoms. The molecule has 0 aliphatic heterocycles. The first-order valence-corrected chi connectivity index (χ1v) is 15.7. The van der Waals surface area contributed by atoms with E-state index in [0.717, 1.165) is 22.7 Å². The first-order chi connectivity index (χ1) is 24.0. The average Bonchev–Trinajstić information content (AvgIpc) is 3.18. The van der Waals surface area contributed by atoms with Crippen molar-refractivity contribution in [2.45, 2.75) is 11.1 Å². The van der Waals surface area contributed by atoms with Crippen LogP contribution in [0.25, 0.3) is 0 Å². The number of carbonyl (C=O) groups is 3. The fourth-order valence-corrected chi connectivity index (χ4v) is 4.97. The van der Waals surface area contributed by atoms with E-state index in [1.807, 2.05) is 48.2 Å². The Bertz CT molecular complexity index is 1590. The van der Waals surface area contributed by atoms with Crippen LogP contribution in [0.4, 0.5) is 22.7 Å². The Morgan fingerprint density at radius 2 is 0.660 bits per heavy atom. The maximum atomic E-state index is 13.3. The van der Waals surface area contributed by atoms with Crippen LogP contribution in [0.1, 0.15) is 36.6 Å². The van der Waals surface area contributed by atoms with E-state index in [1.54, 1.807) is 72.8 Å². The van der Waals surface area contributed by atoms with Crippen molar-refractivity contribution >= 4 is 40.3 Å². The Labute approximate surface area is 289 Å². The predicted octanol–water partition coefficient (Wildman–Crippen LogP) is 1.34. The lowest BCUT2D eigenvalue weighted by atomic mass is 10.0. The summed E-state index contributed by atoms with van der Waals surface area (Å²) in [6.45, 7) is -3.73. The molecule has 8 N–H and O–H groups in total. The molecule has 4 aromatic carbocycles. The van der Waals surface area contributed by atoms with E-state index in [9.17, 15) is 45.0 Å². The largest absolute Gasteiger partial charge is 0.394 e. The number of carbonyl (C=O) groups excluding carboxylic acids is 3. The van der Waals surface area contributed by atoms with Crippen molar-refractivity contribution in [2.24, 2.45) is 0 Å². The molecule has 0 saturated carbocycles. The van der Waals surface area contributed by atoms with Gasteiger partial charge in [0.1, 0.15) is 11.1 Å². The highest BCUT2D eigenvalue weighted by molar-refractivity contribution is 6.09. The normalized spacial score (nSPS) is 11.5. The van der Waals surface area contributed by atoms with Crippen molar-refractivity contribution < 1.29 is 45.0 Å². The summed E-state index contributed by atoms with van der Waals surface area (Å²) in [6, 6.07) is 27.5. The maximum absolute atomic E-state index is 13.3. The van der Waals surface area contributed by atoms with Crippen molar-refractivity contribution in [1.82, 2.24) is 10.6 Å². The monoisotopic (exact) mass is 686 g/mol. The van der Waals surface area contributed by atoms with Crippen LogP contribution in [-0.4, -0.2) is 113 Å². The summed E-state index contributed by atoms with van der Waals surface area (Å²) < 4.78 is 0. The van der Waals surface area contributed by atoms with Gasteiger partial charge in [-0.25, -0.2) is 0 Å². The summed E-state index contributed by atoms with van der Waals surface area (Å²) in [7, 11) is 3.68. The van der Waals surface area contributed by atoms with Gasteiger partial charge in [0.25, 0.3) is 11.8 Å². The second-order valence-corrected chi connectivity index (χ2v) is 12.1. The zero-order valence-electron chi connectivity index (χ0n) is 27.8. The third-order valence-corrected chi connectivity index (χ3v) is 8.64. The van der Waals surface area contributed by atoms with Crippen molar-refractivity contribution in [3.05, 3.63) is 119 Å². The topological polar surface area (TPSA) is 203 Å². The van der Waals surface area contributed by atoms with Crippen LogP contribution in [-0.2, 0) is 0 Å². The second-order valence-electron chi connectivity index (χ2n) is 12.1. The van der Waals surface area contributed by atoms with Crippen molar-refractivity contribution in [3.63, 3.8) is 0 Å². The number of benzene rings is 4. The van der Waals surface area contributed by atoms with Crippen molar-refractivity contribution in [2.75, 3.05) is 63.5 Å². The van der Waals surface area contributed by atoms with Crippen LogP contribution in [0.5, 0.6) is 0 Å². The molecule has 2 amide bonds. The molecule has 0 spiro atoms. The van der Waals surface area contributed by atoms with Gasteiger partial charge in [0.05, 0.1) is 39.6 Å². The van der Waals surface area contributed by atoms with Crippen LogP contribution in [0, 0.1) is 0 Å². The molecular formula is C37H42N4O9. The fraction of sp³-hybridized carbons (Fsp3) is 0.270. The van der Waals surface area contributed by atoms with Crippen LogP contribution < -0.4 is 20.4 Å². The Morgan fingerprint density at radius 1 is 0.440 bits per heavy atom. The molecule has 0 heterocycles. The molecular weight excluding hydrogens is 644 g/mol. The van der Waals surface area contributed by atoms with Gasteiger partial charge in [-0.05, 0) is 97.1 Å². The highest BCUT2D eigenvalue weighted by Gasteiger charge is 2.31. The predicted molar refractivity (Wildman–Crippen MR) is 188 cm³/mol. The second kappa shape index (κ2) is 16.5. The molecule has 4 rings (SSSR count). The minimum Gasteiger partial charge on any atom is -0.394 e. The molecule has 0 radical (unpaired) electrons. The van der Waals surface area contributed by atoms with E-state index < -0.39 is 62.5 Å². The quantitative estimate of drug-likeness (QED) is 0.0791. The maximum Gasteiger partial charge on any atom is 0.251 e. The standard InChI is InChI=1S/C37H42N4O9/c1-40(31-15-7-27(8-16-31)34(49)38-36(19-42,20-43)21-44)29-11-3-25(4-12-29)33(48)26-5-13-30(14-6-26)41(2)32-17-9-28(10-18-32)35(50)39-37(22-45,23-46)24-47/h3-18,42-47H,19-24H2,1-2H3,(H,38,49)(H,39,50). The minimum atomic E-state index is -1.53. The number of ketones is 1. The Hall–Kier alpha value is -5.15. The summed E-state index contributed by atoms with van der Waals surface area (Å²) >= 11 is 0.